The molecule has 0 spiro atoms. The summed E-state index contributed by atoms with van der Waals surface area (Å²) < 4.78 is 17.0. The Balaban J connectivity index is 1.73. The third kappa shape index (κ3) is 6.05. The molecule has 1 aliphatic rings. The molecule has 1 N–H and O–H groups in total. The zero-order valence-corrected chi connectivity index (χ0v) is 21.5. The number of aliphatic hydroxyl groups excluding tert-OH is 1. The summed E-state index contributed by atoms with van der Waals surface area (Å²) >= 11 is 0. The predicted octanol–water partition coefficient (Wildman–Crippen LogP) is 6.12. The number of Topliss-reactive ketones (excluding diaryl/α,β-unsaturated/α-hetero) is 1. The van der Waals surface area contributed by atoms with E-state index in [-0.39, 0.29) is 17.9 Å². The summed E-state index contributed by atoms with van der Waals surface area (Å²) in [6.45, 7) is 7.50. The molecule has 7 nitrogen and oxygen atoms in total. The SMILES string of the molecule is CCCOc1ccc(/C(O)=C2\C(=O)C(=O)N(Cc3ccco3)C2c2cccc(OCCC(C)C)c2)cc1. The summed E-state index contributed by atoms with van der Waals surface area (Å²) in [6, 6.07) is 16.8. The van der Waals surface area contributed by atoms with Crippen LogP contribution in [0.1, 0.15) is 56.5 Å². The van der Waals surface area contributed by atoms with Crippen LogP contribution in [0.4, 0.5) is 0 Å². The van der Waals surface area contributed by atoms with E-state index in [0.29, 0.717) is 47.5 Å². The van der Waals surface area contributed by atoms with Crippen LogP contribution in [-0.4, -0.2) is 34.9 Å². The van der Waals surface area contributed by atoms with E-state index in [9.17, 15) is 14.7 Å². The molecule has 0 saturated carbocycles. The second-order valence-electron chi connectivity index (χ2n) is 9.48. The molecule has 1 aromatic heterocycles. The second-order valence-corrected chi connectivity index (χ2v) is 9.48. The van der Waals surface area contributed by atoms with Crippen LogP contribution < -0.4 is 9.47 Å². The number of rotatable bonds is 11. The lowest BCUT2D eigenvalue weighted by Crippen LogP contribution is -2.29. The standard InChI is InChI=1S/C30H33NO6/c1-4-15-35-23-12-10-21(11-13-23)28(32)26-27(22-7-5-8-24(18-22)37-17-14-20(2)3)31(30(34)29(26)33)19-25-9-6-16-36-25/h5-13,16,18,20,27,32H,4,14-15,17,19H2,1-3H3/b28-26+. The molecule has 194 valence electrons. The molecule has 3 aromatic rings. The average molecular weight is 504 g/mol. The van der Waals surface area contributed by atoms with E-state index >= 15 is 0 Å². The lowest BCUT2D eigenvalue weighted by molar-refractivity contribution is -0.140. The van der Waals surface area contributed by atoms with Crippen molar-refractivity contribution in [1.29, 1.82) is 0 Å². The van der Waals surface area contributed by atoms with E-state index in [1.54, 1.807) is 36.4 Å². The lowest BCUT2D eigenvalue weighted by atomic mass is 9.95. The van der Waals surface area contributed by atoms with Crippen LogP contribution in [-0.2, 0) is 16.1 Å². The van der Waals surface area contributed by atoms with Gasteiger partial charge >= 0.3 is 0 Å². The van der Waals surface area contributed by atoms with E-state index in [2.05, 4.69) is 13.8 Å². The Kier molecular flexibility index (Phi) is 8.33. The Morgan fingerprint density at radius 3 is 2.43 bits per heavy atom. The molecule has 0 bridgehead atoms. The minimum atomic E-state index is -0.810. The molecule has 1 aliphatic heterocycles. The van der Waals surface area contributed by atoms with Crippen molar-refractivity contribution in [1.82, 2.24) is 4.90 Å². The number of hydrogen-bond donors (Lipinski definition) is 1. The number of carbonyl (C=O) groups is 2. The monoisotopic (exact) mass is 503 g/mol. The van der Waals surface area contributed by atoms with Gasteiger partial charge in [0.2, 0.25) is 0 Å². The van der Waals surface area contributed by atoms with Crippen LogP contribution in [0, 0.1) is 5.92 Å². The third-order valence-corrected chi connectivity index (χ3v) is 6.18. The van der Waals surface area contributed by atoms with Crippen molar-refractivity contribution in [3.05, 3.63) is 89.4 Å². The van der Waals surface area contributed by atoms with Crippen LogP contribution >= 0.6 is 0 Å². The van der Waals surface area contributed by atoms with Crippen molar-refractivity contribution in [2.45, 2.75) is 46.2 Å². The number of aliphatic hydroxyl groups is 1. The normalized spacial score (nSPS) is 17.0. The topological polar surface area (TPSA) is 89.2 Å². The zero-order valence-electron chi connectivity index (χ0n) is 21.5. The van der Waals surface area contributed by atoms with Crippen molar-refractivity contribution in [2.24, 2.45) is 5.92 Å². The predicted molar refractivity (Wildman–Crippen MR) is 140 cm³/mol. The van der Waals surface area contributed by atoms with Crippen molar-refractivity contribution >= 4 is 17.4 Å². The van der Waals surface area contributed by atoms with Gasteiger partial charge in [-0.25, -0.2) is 0 Å². The molecule has 37 heavy (non-hydrogen) atoms. The first kappa shape index (κ1) is 26.1. The van der Waals surface area contributed by atoms with Crippen LogP contribution in [0.3, 0.4) is 0 Å². The first-order valence-corrected chi connectivity index (χ1v) is 12.7. The lowest BCUT2D eigenvalue weighted by Gasteiger charge is -2.25. The highest BCUT2D eigenvalue weighted by Gasteiger charge is 2.46. The highest BCUT2D eigenvalue weighted by atomic mass is 16.5. The van der Waals surface area contributed by atoms with Crippen LogP contribution in [0.15, 0.2) is 76.9 Å². The molecule has 7 heteroatoms. The number of benzene rings is 2. The average Bonchev–Trinajstić information content (AvgIpc) is 3.50. The van der Waals surface area contributed by atoms with Gasteiger partial charge in [0.15, 0.2) is 0 Å². The summed E-state index contributed by atoms with van der Waals surface area (Å²) in [4.78, 5) is 27.9. The number of amides is 1. The molecule has 1 unspecified atom stereocenters. The van der Waals surface area contributed by atoms with Gasteiger partial charge in [0.25, 0.3) is 11.7 Å². The van der Waals surface area contributed by atoms with Crippen molar-refractivity contribution < 1.29 is 28.6 Å². The Morgan fingerprint density at radius 2 is 1.76 bits per heavy atom. The Labute approximate surface area is 217 Å². The van der Waals surface area contributed by atoms with Crippen LogP contribution in [0.25, 0.3) is 5.76 Å². The minimum absolute atomic E-state index is 0.0260. The molecule has 1 saturated heterocycles. The number of carbonyl (C=O) groups excluding carboxylic acids is 2. The zero-order chi connectivity index (χ0) is 26.4. The van der Waals surface area contributed by atoms with E-state index < -0.39 is 17.7 Å². The van der Waals surface area contributed by atoms with E-state index in [1.165, 1.54) is 11.2 Å². The summed E-state index contributed by atoms with van der Waals surface area (Å²) in [5.41, 5.74) is 1.12. The van der Waals surface area contributed by atoms with Gasteiger partial charge < -0.3 is 23.9 Å². The molecule has 2 aromatic carbocycles. The molecule has 1 amide bonds. The first-order chi connectivity index (χ1) is 17.9. The van der Waals surface area contributed by atoms with Gasteiger partial charge in [-0.2, -0.15) is 0 Å². The fourth-order valence-electron chi connectivity index (χ4n) is 4.23. The van der Waals surface area contributed by atoms with Gasteiger partial charge in [0.1, 0.15) is 23.0 Å². The van der Waals surface area contributed by atoms with Crippen LogP contribution in [0.5, 0.6) is 11.5 Å². The van der Waals surface area contributed by atoms with Crippen molar-refractivity contribution in [3.63, 3.8) is 0 Å². The Hall–Kier alpha value is -4.00. The molecule has 1 fully saturated rings. The van der Waals surface area contributed by atoms with Gasteiger partial charge in [0, 0.05) is 5.56 Å². The number of furan rings is 1. The van der Waals surface area contributed by atoms with Gasteiger partial charge in [-0.05, 0) is 72.9 Å². The van der Waals surface area contributed by atoms with Crippen molar-refractivity contribution in [3.8, 4) is 11.5 Å². The van der Waals surface area contributed by atoms with Gasteiger partial charge in [0.05, 0.1) is 37.6 Å². The maximum atomic E-state index is 13.3. The third-order valence-electron chi connectivity index (χ3n) is 6.18. The second kappa shape index (κ2) is 11.8. The van der Waals surface area contributed by atoms with E-state index in [0.717, 1.165) is 12.8 Å². The van der Waals surface area contributed by atoms with Gasteiger partial charge in [-0.1, -0.05) is 32.9 Å². The smallest absolute Gasteiger partial charge is 0.296 e. The van der Waals surface area contributed by atoms with E-state index in [4.69, 9.17) is 13.9 Å². The Morgan fingerprint density at radius 1 is 1.00 bits per heavy atom. The van der Waals surface area contributed by atoms with Gasteiger partial charge in [-0.15, -0.1) is 0 Å². The largest absolute Gasteiger partial charge is 0.507 e. The number of nitrogens with zero attached hydrogens (tertiary/aromatic N) is 1. The maximum absolute atomic E-state index is 13.3. The quantitative estimate of drug-likeness (QED) is 0.193. The summed E-state index contributed by atoms with van der Waals surface area (Å²) in [7, 11) is 0. The molecule has 0 radical (unpaired) electrons. The van der Waals surface area contributed by atoms with Crippen LogP contribution in [0.2, 0.25) is 0 Å². The number of hydrogen-bond acceptors (Lipinski definition) is 6. The molecule has 4 rings (SSSR count). The first-order valence-electron chi connectivity index (χ1n) is 12.7. The molecule has 1 atom stereocenters. The van der Waals surface area contributed by atoms with E-state index in [1.807, 2.05) is 31.2 Å². The number of ketones is 1. The van der Waals surface area contributed by atoms with Crippen molar-refractivity contribution in [2.75, 3.05) is 13.2 Å². The fraction of sp³-hybridized carbons (Fsp3) is 0.333. The number of likely N-dealkylation sites (tertiary alicyclic amines) is 1. The maximum Gasteiger partial charge on any atom is 0.296 e. The summed E-state index contributed by atoms with van der Waals surface area (Å²) in [5, 5.41) is 11.3. The minimum Gasteiger partial charge on any atom is -0.507 e. The fourth-order valence-corrected chi connectivity index (χ4v) is 4.23. The Bertz CT molecular complexity index is 1240. The molecule has 0 aliphatic carbocycles. The summed E-state index contributed by atoms with van der Waals surface area (Å²) in [6.07, 6.45) is 3.30. The summed E-state index contributed by atoms with van der Waals surface area (Å²) in [5.74, 6) is 0.663. The molecular weight excluding hydrogens is 470 g/mol. The molecular formula is C30H33NO6. The highest BCUT2D eigenvalue weighted by Crippen LogP contribution is 2.41. The van der Waals surface area contributed by atoms with Gasteiger partial charge in [-0.3, -0.25) is 9.59 Å². The highest BCUT2D eigenvalue weighted by molar-refractivity contribution is 6.46. The number of ether oxygens (including phenoxy) is 2. The molecule has 2 heterocycles.